The van der Waals surface area contributed by atoms with E-state index in [0.29, 0.717) is 5.69 Å². The van der Waals surface area contributed by atoms with Crippen molar-refractivity contribution < 1.29 is 13.5 Å². The predicted molar refractivity (Wildman–Crippen MR) is 61.2 cm³/mol. The molecule has 16 heavy (non-hydrogen) atoms. The zero-order valence-corrected chi connectivity index (χ0v) is 10.2. The Balaban J connectivity index is 2.89. The number of sulfone groups is 1. The van der Waals surface area contributed by atoms with Crippen LogP contribution in [0.5, 0.6) is 0 Å². The number of rotatable bonds is 5. The van der Waals surface area contributed by atoms with Gasteiger partial charge in [-0.05, 0) is 6.07 Å². The third-order valence-corrected chi connectivity index (χ3v) is 2.57. The molecule has 0 saturated heterocycles. The van der Waals surface area contributed by atoms with Gasteiger partial charge in [0, 0.05) is 12.8 Å². The van der Waals surface area contributed by atoms with Gasteiger partial charge in [0.05, 0.1) is 18.1 Å². The number of nitrogens with zero attached hydrogens (tertiary/aromatic N) is 2. The van der Waals surface area contributed by atoms with Crippen LogP contribution >= 0.6 is 11.6 Å². The molecule has 8 heteroatoms. The number of aromatic nitrogens is 2. The first-order chi connectivity index (χ1) is 7.40. The van der Waals surface area contributed by atoms with Crippen LogP contribution < -0.4 is 5.32 Å². The lowest BCUT2D eigenvalue weighted by molar-refractivity contribution is 0.311. The number of halogens is 1. The van der Waals surface area contributed by atoms with Crippen molar-refractivity contribution in [2.45, 2.75) is 5.75 Å². The summed E-state index contributed by atoms with van der Waals surface area (Å²) in [6.07, 6.45) is 1.11. The highest BCUT2D eigenvalue weighted by molar-refractivity contribution is 7.89. The van der Waals surface area contributed by atoms with Crippen LogP contribution in [0.3, 0.4) is 0 Å². The first-order valence-corrected chi connectivity index (χ1v) is 6.90. The summed E-state index contributed by atoms with van der Waals surface area (Å²) in [5.74, 6) is 0.0171. The highest BCUT2D eigenvalue weighted by Crippen LogP contribution is 2.12. The molecule has 0 aliphatic carbocycles. The Labute approximate surface area is 98.6 Å². The van der Waals surface area contributed by atoms with Gasteiger partial charge < -0.3 is 10.4 Å². The lowest BCUT2D eigenvalue weighted by Crippen LogP contribution is -2.11. The fourth-order valence-corrected chi connectivity index (χ4v) is 1.94. The second kappa shape index (κ2) is 5.42. The van der Waals surface area contributed by atoms with E-state index < -0.39 is 9.84 Å². The highest BCUT2D eigenvalue weighted by atomic mass is 35.5. The van der Waals surface area contributed by atoms with Crippen LogP contribution in [0.25, 0.3) is 0 Å². The maximum atomic E-state index is 11.1. The molecule has 1 aromatic rings. The van der Waals surface area contributed by atoms with E-state index in [0.717, 1.165) is 6.26 Å². The minimum absolute atomic E-state index is 0.0721. The van der Waals surface area contributed by atoms with Crippen LogP contribution in [0.2, 0.25) is 5.15 Å². The highest BCUT2D eigenvalue weighted by Gasteiger charge is 2.09. The second-order valence-corrected chi connectivity index (χ2v) is 5.75. The average Bonchev–Trinajstić information content (AvgIpc) is 2.10. The third-order valence-electron chi connectivity index (χ3n) is 1.55. The van der Waals surface area contributed by atoms with E-state index in [1.54, 1.807) is 0 Å². The average molecular weight is 266 g/mol. The summed E-state index contributed by atoms with van der Waals surface area (Å²) in [6, 6.07) is 1.40. The van der Waals surface area contributed by atoms with Gasteiger partial charge in [-0.2, -0.15) is 0 Å². The number of hydrogen-bond donors (Lipinski definition) is 2. The van der Waals surface area contributed by atoms with E-state index in [1.807, 2.05) is 0 Å². The summed E-state index contributed by atoms with van der Waals surface area (Å²) in [5, 5.41) is 11.5. The Kier molecular flexibility index (Phi) is 4.45. The zero-order valence-electron chi connectivity index (χ0n) is 8.64. The molecule has 0 aromatic carbocycles. The number of hydrogen-bond acceptors (Lipinski definition) is 6. The molecule has 0 aliphatic rings. The fourth-order valence-electron chi connectivity index (χ4n) is 1.05. The van der Waals surface area contributed by atoms with Gasteiger partial charge in [0.1, 0.15) is 5.15 Å². The Morgan fingerprint density at radius 1 is 1.50 bits per heavy atom. The Bertz CT molecular complexity index is 464. The van der Waals surface area contributed by atoms with Crippen LogP contribution in [-0.2, 0) is 15.6 Å². The van der Waals surface area contributed by atoms with Crippen LogP contribution in [0, 0.1) is 0 Å². The number of aliphatic hydroxyl groups excluding tert-OH is 1. The topological polar surface area (TPSA) is 92.2 Å². The number of aliphatic hydroxyl groups is 1. The lowest BCUT2D eigenvalue weighted by Gasteiger charge is -2.05. The smallest absolute Gasteiger partial charge is 0.224 e. The maximum Gasteiger partial charge on any atom is 0.224 e. The number of anilines is 1. The van der Waals surface area contributed by atoms with E-state index in [2.05, 4.69) is 15.3 Å². The molecule has 1 rings (SSSR count). The molecule has 1 heterocycles. The van der Waals surface area contributed by atoms with Gasteiger partial charge in [0.15, 0.2) is 9.84 Å². The van der Waals surface area contributed by atoms with Crippen molar-refractivity contribution >= 4 is 27.4 Å². The lowest BCUT2D eigenvalue weighted by atomic mass is 10.4. The van der Waals surface area contributed by atoms with Gasteiger partial charge in [-0.25, -0.2) is 18.4 Å². The molecule has 0 bridgehead atoms. The second-order valence-electron chi connectivity index (χ2n) is 3.23. The molecule has 0 atom stereocenters. The van der Waals surface area contributed by atoms with Crippen LogP contribution in [0.1, 0.15) is 5.69 Å². The molecule has 90 valence electrons. The molecule has 2 N–H and O–H groups in total. The summed E-state index contributed by atoms with van der Waals surface area (Å²) in [6.45, 7) is 0.204. The quantitative estimate of drug-likeness (QED) is 0.733. The molecule has 6 nitrogen and oxygen atoms in total. The molecule has 0 unspecified atom stereocenters. The van der Waals surface area contributed by atoms with Crippen LogP contribution in [0.4, 0.5) is 5.95 Å². The predicted octanol–water partition coefficient (Wildman–Crippen LogP) is 0.0788. The van der Waals surface area contributed by atoms with E-state index in [-0.39, 0.29) is 30.0 Å². The van der Waals surface area contributed by atoms with Crippen molar-refractivity contribution in [1.29, 1.82) is 0 Å². The molecule has 0 radical (unpaired) electrons. The molecule has 0 amide bonds. The molecule has 0 fully saturated rings. The summed E-state index contributed by atoms with van der Waals surface area (Å²) < 4.78 is 22.1. The normalized spacial score (nSPS) is 11.4. The first kappa shape index (κ1) is 13.1. The first-order valence-electron chi connectivity index (χ1n) is 4.46. The number of nitrogens with one attached hydrogen (secondary N) is 1. The SMILES string of the molecule is CS(=O)(=O)Cc1cc(Cl)nc(NCCO)n1. The molecule has 0 aliphatic heterocycles. The molecule has 1 aromatic heterocycles. The zero-order chi connectivity index (χ0) is 12.2. The summed E-state index contributed by atoms with van der Waals surface area (Å²) in [7, 11) is -3.16. The standard InChI is InChI=1S/C8H12ClN3O3S/c1-16(14,15)5-6-4-7(9)12-8(11-6)10-2-3-13/h4,13H,2-3,5H2,1H3,(H,10,11,12). The minimum atomic E-state index is -3.16. The van der Waals surface area contributed by atoms with E-state index in [1.165, 1.54) is 6.07 Å². The van der Waals surface area contributed by atoms with Crippen LogP contribution in [0.15, 0.2) is 6.07 Å². The monoisotopic (exact) mass is 265 g/mol. The Morgan fingerprint density at radius 3 is 2.75 bits per heavy atom. The largest absolute Gasteiger partial charge is 0.395 e. The summed E-state index contributed by atoms with van der Waals surface area (Å²) in [4.78, 5) is 7.80. The minimum Gasteiger partial charge on any atom is -0.395 e. The van der Waals surface area contributed by atoms with Crippen molar-refractivity contribution in [3.05, 3.63) is 16.9 Å². The van der Waals surface area contributed by atoms with Gasteiger partial charge in [-0.3, -0.25) is 0 Å². The molecular weight excluding hydrogens is 254 g/mol. The molecule has 0 saturated carbocycles. The van der Waals surface area contributed by atoms with Crippen molar-refractivity contribution in [3.8, 4) is 0 Å². The van der Waals surface area contributed by atoms with E-state index in [9.17, 15) is 8.42 Å². The fraction of sp³-hybridized carbons (Fsp3) is 0.500. The van der Waals surface area contributed by atoms with Gasteiger partial charge in [0.2, 0.25) is 5.95 Å². The third kappa shape index (κ3) is 4.73. The summed E-state index contributed by atoms with van der Waals surface area (Å²) >= 11 is 5.71. The Hall–Kier alpha value is -0.920. The maximum absolute atomic E-state index is 11.1. The van der Waals surface area contributed by atoms with Gasteiger partial charge >= 0.3 is 0 Å². The molecular formula is C8H12ClN3O3S. The van der Waals surface area contributed by atoms with Crippen molar-refractivity contribution in [2.75, 3.05) is 24.7 Å². The van der Waals surface area contributed by atoms with Crippen LogP contribution in [-0.4, -0.2) is 42.9 Å². The van der Waals surface area contributed by atoms with E-state index >= 15 is 0 Å². The van der Waals surface area contributed by atoms with Crippen molar-refractivity contribution in [1.82, 2.24) is 9.97 Å². The van der Waals surface area contributed by atoms with Crippen molar-refractivity contribution in [2.24, 2.45) is 0 Å². The van der Waals surface area contributed by atoms with Gasteiger partial charge in [-0.15, -0.1) is 0 Å². The van der Waals surface area contributed by atoms with Crippen molar-refractivity contribution in [3.63, 3.8) is 0 Å². The summed E-state index contributed by atoms with van der Waals surface area (Å²) in [5.41, 5.74) is 0.322. The molecule has 0 spiro atoms. The van der Waals surface area contributed by atoms with Gasteiger partial charge in [0.25, 0.3) is 0 Å². The van der Waals surface area contributed by atoms with E-state index in [4.69, 9.17) is 16.7 Å². The van der Waals surface area contributed by atoms with Gasteiger partial charge in [-0.1, -0.05) is 11.6 Å². The Morgan fingerprint density at radius 2 is 2.19 bits per heavy atom.